The normalized spacial score (nSPS) is 10.3. The van der Waals surface area contributed by atoms with Crippen molar-refractivity contribution >= 4 is 11.6 Å². The molecule has 0 aliphatic carbocycles. The van der Waals surface area contributed by atoms with Crippen LogP contribution in [0.5, 0.6) is 0 Å². The Labute approximate surface area is 81.2 Å². The molecule has 0 radical (unpaired) electrons. The lowest BCUT2D eigenvalue weighted by atomic mass is 10.1. The molecule has 2 aromatic rings. The maximum Gasteiger partial charge on any atom is 0.181 e. The summed E-state index contributed by atoms with van der Waals surface area (Å²) >= 11 is 5.97. The van der Waals surface area contributed by atoms with Gasteiger partial charge >= 0.3 is 0 Å². The predicted molar refractivity (Wildman–Crippen MR) is 51.7 cm³/mol. The second-order valence-electron chi connectivity index (χ2n) is 2.78. The molecule has 13 heavy (non-hydrogen) atoms. The van der Waals surface area contributed by atoms with Crippen LogP contribution in [0.3, 0.4) is 0 Å². The summed E-state index contributed by atoms with van der Waals surface area (Å²) in [4.78, 5) is 3.86. The minimum atomic E-state index is 0.744. The van der Waals surface area contributed by atoms with E-state index in [-0.39, 0.29) is 0 Å². The first-order valence-electron chi connectivity index (χ1n) is 3.93. The molecule has 0 atom stereocenters. The third kappa shape index (κ3) is 1.45. The summed E-state index contributed by atoms with van der Waals surface area (Å²) < 4.78 is 5.19. The van der Waals surface area contributed by atoms with Crippen LogP contribution >= 0.6 is 11.6 Å². The van der Waals surface area contributed by atoms with E-state index in [4.69, 9.17) is 16.0 Å². The largest absolute Gasteiger partial charge is 0.444 e. The Morgan fingerprint density at radius 3 is 2.92 bits per heavy atom. The third-order valence-corrected chi connectivity index (χ3v) is 2.37. The van der Waals surface area contributed by atoms with Crippen molar-refractivity contribution in [3.05, 3.63) is 41.4 Å². The Kier molecular flexibility index (Phi) is 2.07. The van der Waals surface area contributed by atoms with E-state index >= 15 is 0 Å². The highest BCUT2D eigenvalue weighted by Crippen LogP contribution is 2.27. The fourth-order valence-corrected chi connectivity index (χ4v) is 1.40. The highest BCUT2D eigenvalue weighted by Gasteiger charge is 2.06. The Balaban J connectivity index is 2.59. The zero-order valence-corrected chi connectivity index (χ0v) is 7.88. The lowest BCUT2D eigenvalue weighted by Crippen LogP contribution is -1.81. The Morgan fingerprint density at radius 1 is 1.38 bits per heavy atom. The molecule has 0 fully saturated rings. The molecule has 0 spiro atoms. The van der Waals surface area contributed by atoms with Gasteiger partial charge in [0, 0.05) is 10.6 Å². The third-order valence-electron chi connectivity index (χ3n) is 1.97. The number of hydrogen-bond donors (Lipinski definition) is 0. The van der Waals surface area contributed by atoms with E-state index in [1.807, 2.05) is 25.1 Å². The number of rotatable bonds is 1. The lowest BCUT2D eigenvalue weighted by molar-refractivity contribution is 0.571. The van der Waals surface area contributed by atoms with E-state index < -0.39 is 0 Å². The van der Waals surface area contributed by atoms with Gasteiger partial charge in [-0.1, -0.05) is 23.7 Å². The van der Waals surface area contributed by atoms with Gasteiger partial charge in [-0.2, -0.15) is 0 Å². The maximum absolute atomic E-state index is 5.97. The fourth-order valence-electron chi connectivity index (χ4n) is 1.22. The second kappa shape index (κ2) is 3.23. The molecule has 2 rings (SSSR count). The summed E-state index contributed by atoms with van der Waals surface area (Å²) in [6.45, 7) is 1.96. The van der Waals surface area contributed by atoms with E-state index in [0.717, 1.165) is 21.9 Å². The van der Waals surface area contributed by atoms with Crippen LogP contribution in [-0.2, 0) is 0 Å². The highest BCUT2D eigenvalue weighted by atomic mass is 35.5. The minimum Gasteiger partial charge on any atom is -0.444 e. The van der Waals surface area contributed by atoms with Crippen molar-refractivity contribution in [3.63, 3.8) is 0 Å². The topological polar surface area (TPSA) is 26.0 Å². The summed E-state index contributed by atoms with van der Waals surface area (Å²) in [6, 6.07) is 5.71. The fraction of sp³-hybridized carbons (Fsp3) is 0.100. The molecular formula is C10H8ClNO. The molecule has 0 N–H and O–H groups in total. The molecule has 0 amide bonds. The number of hydrogen-bond acceptors (Lipinski definition) is 2. The number of benzene rings is 1. The van der Waals surface area contributed by atoms with Crippen molar-refractivity contribution in [1.82, 2.24) is 4.98 Å². The maximum atomic E-state index is 5.97. The molecule has 0 aliphatic heterocycles. The first kappa shape index (κ1) is 8.32. The molecule has 0 saturated heterocycles. The number of aromatic nitrogens is 1. The van der Waals surface area contributed by atoms with Crippen LogP contribution in [0.15, 0.2) is 35.2 Å². The van der Waals surface area contributed by atoms with Crippen LogP contribution in [-0.4, -0.2) is 4.98 Å². The van der Waals surface area contributed by atoms with E-state index in [9.17, 15) is 0 Å². The summed E-state index contributed by atoms with van der Waals surface area (Å²) in [5.41, 5.74) is 2.01. The smallest absolute Gasteiger partial charge is 0.181 e. The quantitative estimate of drug-likeness (QED) is 0.695. The van der Waals surface area contributed by atoms with Crippen molar-refractivity contribution in [1.29, 1.82) is 0 Å². The number of halogens is 1. The summed E-state index contributed by atoms with van der Waals surface area (Å²) in [5, 5.41) is 0.744. The zero-order chi connectivity index (χ0) is 9.26. The highest BCUT2D eigenvalue weighted by molar-refractivity contribution is 6.31. The Morgan fingerprint density at radius 2 is 2.23 bits per heavy atom. The van der Waals surface area contributed by atoms with Gasteiger partial charge in [-0.05, 0) is 18.6 Å². The molecule has 1 heterocycles. The summed E-state index contributed by atoms with van der Waals surface area (Å²) in [5.74, 6) is 0.750. The molecule has 1 aromatic carbocycles. The summed E-state index contributed by atoms with van der Waals surface area (Å²) in [6.07, 6.45) is 3.09. The van der Waals surface area contributed by atoms with E-state index in [1.54, 1.807) is 6.20 Å². The van der Waals surface area contributed by atoms with Gasteiger partial charge in [0.15, 0.2) is 12.2 Å². The van der Waals surface area contributed by atoms with Crippen LogP contribution < -0.4 is 0 Å². The van der Waals surface area contributed by atoms with Gasteiger partial charge in [0.2, 0.25) is 0 Å². The Bertz CT molecular complexity index is 409. The standard InChI is InChI=1S/C10H8ClNO/c1-7-8(3-2-4-9(7)11)10-5-12-6-13-10/h2-6H,1H3. The van der Waals surface area contributed by atoms with Crippen LogP contribution in [0.4, 0.5) is 0 Å². The van der Waals surface area contributed by atoms with Gasteiger partial charge in [-0.3, -0.25) is 0 Å². The molecule has 3 heteroatoms. The van der Waals surface area contributed by atoms with Crippen molar-refractivity contribution in [3.8, 4) is 11.3 Å². The van der Waals surface area contributed by atoms with E-state index in [1.165, 1.54) is 6.39 Å². The monoisotopic (exact) mass is 193 g/mol. The van der Waals surface area contributed by atoms with Gasteiger partial charge in [0.1, 0.15) is 0 Å². The average molecular weight is 194 g/mol. The Hall–Kier alpha value is -1.28. The molecule has 0 bridgehead atoms. The number of oxazole rings is 1. The zero-order valence-electron chi connectivity index (χ0n) is 7.12. The molecule has 0 saturated carbocycles. The molecule has 2 nitrogen and oxygen atoms in total. The van der Waals surface area contributed by atoms with Crippen molar-refractivity contribution < 1.29 is 4.42 Å². The van der Waals surface area contributed by atoms with E-state index in [2.05, 4.69) is 4.98 Å². The van der Waals surface area contributed by atoms with Crippen molar-refractivity contribution in [2.24, 2.45) is 0 Å². The van der Waals surface area contributed by atoms with Gasteiger partial charge in [0.05, 0.1) is 6.20 Å². The minimum absolute atomic E-state index is 0.744. The van der Waals surface area contributed by atoms with Gasteiger partial charge < -0.3 is 4.42 Å². The predicted octanol–water partition coefficient (Wildman–Crippen LogP) is 3.30. The summed E-state index contributed by atoms with van der Waals surface area (Å²) in [7, 11) is 0. The second-order valence-corrected chi connectivity index (χ2v) is 3.19. The molecule has 0 unspecified atom stereocenters. The van der Waals surface area contributed by atoms with Gasteiger partial charge in [-0.15, -0.1) is 0 Å². The number of nitrogens with zero attached hydrogens (tertiary/aromatic N) is 1. The first-order valence-corrected chi connectivity index (χ1v) is 4.31. The molecule has 66 valence electrons. The van der Waals surface area contributed by atoms with Gasteiger partial charge in [0.25, 0.3) is 0 Å². The lowest BCUT2D eigenvalue weighted by Gasteiger charge is -2.02. The van der Waals surface area contributed by atoms with Crippen LogP contribution in [0.25, 0.3) is 11.3 Å². The van der Waals surface area contributed by atoms with Crippen LogP contribution in [0.2, 0.25) is 5.02 Å². The van der Waals surface area contributed by atoms with Crippen molar-refractivity contribution in [2.45, 2.75) is 6.92 Å². The SMILES string of the molecule is Cc1c(Cl)cccc1-c1cnco1. The molecule has 1 aromatic heterocycles. The first-order chi connectivity index (χ1) is 6.29. The van der Waals surface area contributed by atoms with Gasteiger partial charge in [-0.25, -0.2) is 4.98 Å². The molecular weight excluding hydrogens is 186 g/mol. The van der Waals surface area contributed by atoms with Crippen LogP contribution in [0.1, 0.15) is 5.56 Å². The average Bonchev–Trinajstić information content (AvgIpc) is 2.62. The van der Waals surface area contributed by atoms with Crippen LogP contribution in [0, 0.1) is 6.92 Å². The van der Waals surface area contributed by atoms with E-state index in [0.29, 0.717) is 0 Å². The van der Waals surface area contributed by atoms with Crippen molar-refractivity contribution in [2.75, 3.05) is 0 Å². The molecule has 0 aliphatic rings.